The molecule has 19 heavy (non-hydrogen) atoms. The zero-order chi connectivity index (χ0) is 14.1. The third-order valence-electron chi connectivity index (χ3n) is 2.87. The van der Waals surface area contributed by atoms with Gasteiger partial charge in [0.2, 0.25) is 0 Å². The average Bonchev–Trinajstić information content (AvgIpc) is 2.43. The third kappa shape index (κ3) is 5.65. The van der Waals surface area contributed by atoms with Gasteiger partial charge in [0.05, 0.1) is 0 Å². The maximum atomic E-state index is 4.46. The molecule has 0 saturated carbocycles. The van der Waals surface area contributed by atoms with E-state index in [4.69, 9.17) is 0 Å². The lowest BCUT2D eigenvalue weighted by atomic mass is 10.4. The molecular weight excluding hydrogens is 258 g/mol. The molecule has 0 amide bonds. The van der Waals surface area contributed by atoms with Gasteiger partial charge in [0.15, 0.2) is 5.16 Å². The molecule has 0 aliphatic heterocycles. The SMILES string of the molecule is CCNc1cc(NCCN(CC)CC)nc(SC)n1. The first-order valence-corrected chi connectivity index (χ1v) is 8.09. The molecule has 1 aromatic heterocycles. The van der Waals surface area contributed by atoms with Crippen molar-refractivity contribution < 1.29 is 0 Å². The van der Waals surface area contributed by atoms with Crippen LogP contribution in [0.5, 0.6) is 0 Å². The van der Waals surface area contributed by atoms with Gasteiger partial charge in [-0.2, -0.15) is 0 Å². The molecular formula is C13H25N5S. The van der Waals surface area contributed by atoms with Crippen LogP contribution in [-0.2, 0) is 0 Å². The summed E-state index contributed by atoms with van der Waals surface area (Å²) in [5.74, 6) is 1.77. The zero-order valence-electron chi connectivity index (χ0n) is 12.4. The van der Waals surface area contributed by atoms with Crippen LogP contribution in [0, 0.1) is 0 Å². The Kier molecular flexibility index (Phi) is 7.59. The van der Waals surface area contributed by atoms with E-state index in [2.05, 4.69) is 46.3 Å². The molecule has 1 heterocycles. The maximum absolute atomic E-state index is 4.46. The molecule has 0 radical (unpaired) electrons. The van der Waals surface area contributed by atoms with Gasteiger partial charge >= 0.3 is 0 Å². The van der Waals surface area contributed by atoms with Crippen molar-refractivity contribution in [3.8, 4) is 0 Å². The number of rotatable bonds is 9. The van der Waals surface area contributed by atoms with E-state index < -0.39 is 0 Å². The van der Waals surface area contributed by atoms with Gasteiger partial charge in [-0.15, -0.1) is 0 Å². The molecule has 1 rings (SSSR count). The first-order chi connectivity index (χ1) is 9.23. The fourth-order valence-corrected chi connectivity index (χ4v) is 2.14. The molecule has 0 aliphatic rings. The van der Waals surface area contributed by atoms with Crippen molar-refractivity contribution >= 4 is 23.4 Å². The second kappa shape index (κ2) is 8.98. The summed E-state index contributed by atoms with van der Waals surface area (Å²) in [6, 6.07) is 1.96. The standard InChI is InChI=1S/C13H25N5S/c1-5-14-11-10-12(17-13(16-11)19-4)15-8-9-18(6-2)7-3/h10H,5-9H2,1-4H3,(H2,14,15,16,17). The number of anilines is 2. The van der Waals surface area contributed by atoms with Crippen LogP contribution in [0.2, 0.25) is 0 Å². The Hall–Kier alpha value is -1.01. The summed E-state index contributed by atoms with van der Waals surface area (Å²) >= 11 is 1.56. The molecule has 1 aromatic rings. The Morgan fingerprint density at radius 2 is 1.74 bits per heavy atom. The minimum absolute atomic E-state index is 0.795. The number of nitrogens with one attached hydrogen (secondary N) is 2. The van der Waals surface area contributed by atoms with E-state index in [1.54, 1.807) is 11.8 Å². The molecule has 0 aromatic carbocycles. The van der Waals surface area contributed by atoms with Gasteiger partial charge in [0, 0.05) is 25.7 Å². The highest BCUT2D eigenvalue weighted by atomic mass is 32.2. The highest BCUT2D eigenvalue weighted by Gasteiger charge is 2.04. The minimum Gasteiger partial charge on any atom is -0.370 e. The molecule has 0 atom stereocenters. The maximum Gasteiger partial charge on any atom is 0.191 e. The molecule has 6 heteroatoms. The van der Waals surface area contributed by atoms with Crippen LogP contribution in [0.4, 0.5) is 11.6 Å². The highest BCUT2D eigenvalue weighted by molar-refractivity contribution is 7.98. The number of likely N-dealkylation sites (N-methyl/N-ethyl adjacent to an activating group) is 1. The summed E-state index contributed by atoms with van der Waals surface area (Å²) in [4.78, 5) is 11.3. The first kappa shape index (κ1) is 16.0. The van der Waals surface area contributed by atoms with Crippen LogP contribution in [0.15, 0.2) is 11.2 Å². The summed E-state index contributed by atoms with van der Waals surface area (Å²) < 4.78 is 0. The Morgan fingerprint density at radius 1 is 1.11 bits per heavy atom. The molecule has 2 N–H and O–H groups in total. The van der Waals surface area contributed by atoms with Crippen molar-refractivity contribution in [1.29, 1.82) is 0 Å². The Morgan fingerprint density at radius 3 is 2.26 bits per heavy atom. The van der Waals surface area contributed by atoms with Crippen LogP contribution < -0.4 is 10.6 Å². The van der Waals surface area contributed by atoms with Gasteiger partial charge in [0.1, 0.15) is 11.6 Å². The van der Waals surface area contributed by atoms with Crippen molar-refractivity contribution in [1.82, 2.24) is 14.9 Å². The van der Waals surface area contributed by atoms with Gasteiger partial charge in [-0.1, -0.05) is 25.6 Å². The second-order valence-electron chi connectivity index (χ2n) is 4.11. The van der Waals surface area contributed by atoms with Crippen molar-refractivity contribution in [2.24, 2.45) is 0 Å². The average molecular weight is 283 g/mol. The van der Waals surface area contributed by atoms with Crippen LogP contribution in [0.3, 0.4) is 0 Å². The summed E-state index contributed by atoms with van der Waals surface area (Å²) in [7, 11) is 0. The van der Waals surface area contributed by atoms with E-state index in [-0.39, 0.29) is 0 Å². The quantitative estimate of drug-likeness (QED) is 0.536. The minimum atomic E-state index is 0.795. The Bertz CT molecular complexity index is 368. The van der Waals surface area contributed by atoms with Crippen molar-refractivity contribution in [2.45, 2.75) is 25.9 Å². The molecule has 0 aliphatic carbocycles. The van der Waals surface area contributed by atoms with Crippen LogP contribution in [0.1, 0.15) is 20.8 Å². The lowest BCUT2D eigenvalue weighted by Crippen LogP contribution is -2.28. The number of hydrogen-bond donors (Lipinski definition) is 2. The predicted molar refractivity (Wildman–Crippen MR) is 84.3 cm³/mol. The van der Waals surface area contributed by atoms with Gasteiger partial charge in [-0.3, -0.25) is 0 Å². The van der Waals surface area contributed by atoms with E-state index in [0.29, 0.717) is 0 Å². The summed E-state index contributed by atoms with van der Waals surface area (Å²) in [5.41, 5.74) is 0. The molecule has 0 saturated heterocycles. The lowest BCUT2D eigenvalue weighted by Gasteiger charge is -2.18. The monoisotopic (exact) mass is 283 g/mol. The number of aromatic nitrogens is 2. The van der Waals surface area contributed by atoms with E-state index in [1.165, 1.54) is 0 Å². The van der Waals surface area contributed by atoms with E-state index in [1.807, 2.05) is 12.3 Å². The van der Waals surface area contributed by atoms with Crippen molar-refractivity contribution in [3.63, 3.8) is 0 Å². The Balaban J connectivity index is 2.58. The highest BCUT2D eigenvalue weighted by Crippen LogP contribution is 2.16. The van der Waals surface area contributed by atoms with Crippen LogP contribution in [0.25, 0.3) is 0 Å². The normalized spacial score (nSPS) is 10.8. The largest absolute Gasteiger partial charge is 0.370 e. The molecule has 0 bridgehead atoms. The van der Waals surface area contributed by atoms with Gasteiger partial charge in [0.25, 0.3) is 0 Å². The summed E-state index contributed by atoms with van der Waals surface area (Å²) in [6.45, 7) is 11.4. The zero-order valence-corrected chi connectivity index (χ0v) is 13.2. The Labute approximate surface area is 120 Å². The van der Waals surface area contributed by atoms with Crippen LogP contribution >= 0.6 is 11.8 Å². The number of hydrogen-bond acceptors (Lipinski definition) is 6. The van der Waals surface area contributed by atoms with Gasteiger partial charge in [-0.25, -0.2) is 9.97 Å². The van der Waals surface area contributed by atoms with Crippen LogP contribution in [-0.4, -0.2) is 53.8 Å². The summed E-state index contributed by atoms with van der Waals surface area (Å²) in [5, 5.41) is 7.40. The second-order valence-corrected chi connectivity index (χ2v) is 4.88. The fourth-order valence-electron chi connectivity index (χ4n) is 1.76. The van der Waals surface area contributed by atoms with E-state index in [9.17, 15) is 0 Å². The lowest BCUT2D eigenvalue weighted by molar-refractivity contribution is 0.316. The molecule has 108 valence electrons. The molecule has 0 spiro atoms. The molecule has 0 fully saturated rings. The number of thioether (sulfide) groups is 1. The predicted octanol–water partition coefficient (Wildman–Crippen LogP) is 2.38. The molecule has 5 nitrogen and oxygen atoms in total. The third-order valence-corrected chi connectivity index (χ3v) is 3.42. The first-order valence-electron chi connectivity index (χ1n) is 6.86. The van der Waals surface area contributed by atoms with Crippen molar-refractivity contribution in [3.05, 3.63) is 6.07 Å². The fraction of sp³-hybridized carbons (Fsp3) is 0.692. The van der Waals surface area contributed by atoms with E-state index in [0.717, 1.165) is 49.5 Å². The summed E-state index contributed by atoms with van der Waals surface area (Å²) in [6.07, 6.45) is 1.99. The van der Waals surface area contributed by atoms with Gasteiger partial charge in [-0.05, 0) is 26.3 Å². The van der Waals surface area contributed by atoms with Crippen molar-refractivity contribution in [2.75, 3.05) is 49.6 Å². The van der Waals surface area contributed by atoms with Gasteiger partial charge < -0.3 is 15.5 Å². The number of nitrogens with zero attached hydrogens (tertiary/aromatic N) is 3. The van der Waals surface area contributed by atoms with E-state index >= 15 is 0 Å². The molecule has 0 unspecified atom stereocenters. The topological polar surface area (TPSA) is 53.1 Å². The smallest absolute Gasteiger partial charge is 0.191 e.